The van der Waals surface area contributed by atoms with E-state index in [1.54, 1.807) is 4.90 Å². The molecule has 122 valence electrons. The number of urea groups is 1. The summed E-state index contributed by atoms with van der Waals surface area (Å²) >= 11 is 0. The predicted octanol–water partition coefficient (Wildman–Crippen LogP) is 0.0867. The zero-order chi connectivity index (χ0) is 15.6. The van der Waals surface area contributed by atoms with Crippen molar-refractivity contribution >= 4 is 16.1 Å². The molecule has 8 heteroatoms. The van der Waals surface area contributed by atoms with E-state index in [1.807, 2.05) is 13.8 Å². The number of carbonyl (C=O) groups is 1. The van der Waals surface area contributed by atoms with Gasteiger partial charge in [-0.2, -0.15) is 4.31 Å². The second kappa shape index (κ2) is 6.50. The van der Waals surface area contributed by atoms with E-state index in [2.05, 4.69) is 5.32 Å². The van der Waals surface area contributed by atoms with E-state index in [0.29, 0.717) is 32.8 Å². The zero-order valence-electron chi connectivity index (χ0n) is 12.9. The highest BCUT2D eigenvalue weighted by Crippen LogP contribution is 2.25. The van der Waals surface area contributed by atoms with Gasteiger partial charge in [-0.15, -0.1) is 0 Å². The molecule has 2 atom stereocenters. The maximum Gasteiger partial charge on any atom is 0.317 e. The van der Waals surface area contributed by atoms with Gasteiger partial charge in [-0.05, 0) is 20.3 Å². The number of fused-ring (bicyclic) bond motifs is 1. The Bertz CT molecular complexity index is 480. The van der Waals surface area contributed by atoms with Crippen molar-refractivity contribution < 1.29 is 17.9 Å². The first kappa shape index (κ1) is 16.5. The molecule has 0 unspecified atom stereocenters. The van der Waals surface area contributed by atoms with Crippen molar-refractivity contribution in [2.75, 3.05) is 39.0 Å². The quantitative estimate of drug-likeness (QED) is 0.782. The molecule has 2 aliphatic heterocycles. The van der Waals surface area contributed by atoms with Crippen LogP contribution < -0.4 is 5.32 Å². The third-order valence-corrected chi connectivity index (χ3v) is 5.24. The van der Waals surface area contributed by atoms with E-state index in [-0.39, 0.29) is 24.1 Å². The summed E-state index contributed by atoms with van der Waals surface area (Å²) in [6.45, 7) is 6.29. The summed E-state index contributed by atoms with van der Waals surface area (Å²) in [5, 5.41) is 2.88. The molecule has 2 aliphatic rings. The Labute approximate surface area is 126 Å². The highest BCUT2D eigenvalue weighted by atomic mass is 32.2. The largest absolute Gasteiger partial charge is 0.375 e. The molecule has 7 nitrogen and oxygen atoms in total. The highest BCUT2D eigenvalue weighted by molar-refractivity contribution is 7.88. The van der Waals surface area contributed by atoms with Crippen molar-refractivity contribution in [1.29, 1.82) is 0 Å². The van der Waals surface area contributed by atoms with Gasteiger partial charge >= 0.3 is 6.03 Å². The lowest BCUT2D eigenvalue weighted by Crippen LogP contribution is -2.53. The Balaban J connectivity index is 1.98. The van der Waals surface area contributed by atoms with Crippen LogP contribution in [-0.2, 0) is 14.8 Å². The summed E-state index contributed by atoms with van der Waals surface area (Å²) in [4.78, 5) is 13.8. The molecule has 0 radical (unpaired) electrons. The van der Waals surface area contributed by atoms with Crippen LogP contribution in [0.15, 0.2) is 0 Å². The Morgan fingerprint density at radius 2 is 2.00 bits per heavy atom. The number of ether oxygens (including phenoxy) is 1. The van der Waals surface area contributed by atoms with Crippen molar-refractivity contribution in [3.05, 3.63) is 0 Å². The summed E-state index contributed by atoms with van der Waals surface area (Å²) in [5.41, 5.74) is 0. The molecular formula is C13H25N3O4S. The van der Waals surface area contributed by atoms with E-state index in [0.717, 1.165) is 6.42 Å². The van der Waals surface area contributed by atoms with Crippen LogP contribution in [-0.4, -0.2) is 74.8 Å². The molecule has 0 aromatic carbocycles. The monoisotopic (exact) mass is 319 g/mol. The van der Waals surface area contributed by atoms with Gasteiger partial charge in [0.25, 0.3) is 0 Å². The lowest BCUT2D eigenvalue weighted by molar-refractivity contribution is -0.0112. The molecule has 2 amide bonds. The van der Waals surface area contributed by atoms with Crippen LogP contribution in [0.1, 0.15) is 20.3 Å². The van der Waals surface area contributed by atoms with Crippen molar-refractivity contribution in [1.82, 2.24) is 14.5 Å². The smallest absolute Gasteiger partial charge is 0.317 e. The number of hydrogen-bond acceptors (Lipinski definition) is 4. The van der Waals surface area contributed by atoms with Gasteiger partial charge in [-0.25, -0.2) is 13.2 Å². The van der Waals surface area contributed by atoms with Crippen molar-refractivity contribution in [3.8, 4) is 0 Å². The Morgan fingerprint density at radius 1 is 1.29 bits per heavy atom. The second-order valence-electron chi connectivity index (χ2n) is 6.13. The number of nitrogens with one attached hydrogen (secondary N) is 1. The van der Waals surface area contributed by atoms with Gasteiger partial charge in [0.1, 0.15) is 0 Å². The van der Waals surface area contributed by atoms with E-state index >= 15 is 0 Å². The molecule has 2 heterocycles. The molecule has 21 heavy (non-hydrogen) atoms. The fraction of sp³-hybridized carbons (Fsp3) is 0.923. The number of hydrogen-bond donors (Lipinski definition) is 1. The lowest BCUT2D eigenvalue weighted by Gasteiger charge is -2.38. The number of piperidine rings is 1. The van der Waals surface area contributed by atoms with Crippen molar-refractivity contribution in [2.45, 2.75) is 32.4 Å². The van der Waals surface area contributed by atoms with Crippen LogP contribution >= 0.6 is 0 Å². The number of carbonyl (C=O) groups excluding carboxylic acids is 1. The molecule has 0 saturated carbocycles. The average molecular weight is 319 g/mol. The summed E-state index contributed by atoms with van der Waals surface area (Å²) in [6.07, 6.45) is 1.92. The van der Waals surface area contributed by atoms with Crippen molar-refractivity contribution in [2.24, 2.45) is 5.92 Å². The van der Waals surface area contributed by atoms with Gasteiger partial charge < -0.3 is 15.0 Å². The van der Waals surface area contributed by atoms with Crippen molar-refractivity contribution in [3.63, 3.8) is 0 Å². The van der Waals surface area contributed by atoms with E-state index < -0.39 is 10.0 Å². The van der Waals surface area contributed by atoms with Gasteiger partial charge in [0, 0.05) is 38.1 Å². The van der Waals surface area contributed by atoms with Gasteiger partial charge in [0.15, 0.2) is 0 Å². The van der Waals surface area contributed by atoms with E-state index in [1.165, 1.54) is 10.6 Å². The standard InChI is InChI=1S/C13H25N3O4S/c1-10(2)14-13(17)15-5-4-11-8-16(21(3,18)19)6-7-20-12(11)9-15/h10-12H,4-9H2,1-3H3,(H,14,17)/t11-,12-/m1/s1. The molecule has 0 aromatic heterocycles. The normalized spacial score (nSPS) is 28.1. The SMILES string of the molecule is CC(C)NC(=O)N1CC[C@@H]2CN(S(C)(=O)=O)CCO[C@@H]2C1. The molecule has 1 N–H and O–H groups in total. The number of nitrogens with zero attached hydrogens (tertiary/aromatic N) is 2. The fourth-order valence-electron chi connectivity index (χ4n) is 2.85. The third-order valence-electron chi connectivity index (χ3n) is 3.98. The molecule has 0 aromatic rings. The third kappa shape index (κ3) is 4.31. The lowest BCUT2D eigenvalue weighted by atomic mass is 9.94. The minimum Gasteiger partial charge on any atom is -0.375 e. The average Bonchev–Trinajstić information content (AvgIpc) is 2.58. The van der Waals surface area contributed by atoms with Crippen LogP contribution in [0.2, 0.25) is 0 Å². The number of likely N-dealkylation sites (tertiary alicyclic amines) is 1. The Morgan fingerprint density at radius 3 is 2.62 bits per heavy atom. The van der Waals surface area contributed by atoms with Gasteiger partial charge in [0.05, 0.1) is 19.0 Å². The van der Waals surface area contributed by atoms with Crippen LogP contribution in [0.3, 0.4) is 0 Å². The topological polar surface area (TPSA) is 79.0 Å². The molecule has 0 bridgehead atoms. The Hall–Kier alpha value is -0.860. The highest BCUT2D eigenvalue weighted by Gasteiger charge is 2.36. The summed E-state index contributed by atoms with van der Waals surface area (Å²) < 4.78 is 30.7. The van der Waals surface area contributed by atoms with Gasteiger partial charge in [-0.1, -0.05) is 0 Å². The number of rotatable bonds is 2. The second-order valence-corrected chi connectivity index (χ2v) is 8.11. The summed E-state index contributed by atoms with van der Waals surface area (Å²) in [6, 6.07) is 0.0299. The maximum atomic E-state index is 12.0. The molecule has 2 fully saturated rings. The first-order chi connectivity index (χ1) is 9.77. The number of sulfonamides is 1. The zero-order valence-corrected chi connectivity index (χ0v) is 13.7. The summed E-state index contributed by atoms with van der Waals surface area (Å²) in [7, 11) is -3.19. The Kier molecular flexibility index (Phi) is 5.11. The van der Waals surface area contributed by atoms with Gasteiger partial charge in [0.2, 0.25) is 10.0 Å². The van der Waals surface area contributed by atoms with Crippen LogP contribution in [0.4, 0.5) is 4.79 Å². The van der Waals surface area contributed by atoms with Crippen LogP contribution in [0.25, 0.3) is 0 Å². The van der Waals surface area contributed by atoms with Crippen LogP contribution in [0.5, 0.6) is 0 Å². The molecule has 2 rings (SSSR count). The van der Waals surface area contributed by atoms with Gasteiger partial charge in [-0.3, -0.25) is 0 Å². The predicted molar refractivity (Wildman–Crippen MR) is 79.5 cm³/mol. The van der Waals surface area contributed by atoms with Crippen LogP contribution in [0, 0.1) is 5.92 Å². The minimum atomic E-state index is -3.19. The number of amides is 2. The molecule has 0 spiro atoms. The first-order valence-corrected chi connectivity index (χ1v) is 9.24. The molecule has 2 saturated heterocycles. The molecular weight excluding hydrogens is 294 g/mol. The summed E-state index contributed by atoms with van der Waals surface area (Å²) in [5.74, 6) is 0.158. The first-order valence-electron chi connectivity index (χ1n) is 7.39. The maximum absolute atomic E-state index is 12.0. The molecule has 0 aliphatic carbocycles. The fourth-order valence-corrected chi connectivity index (χ4v) is 3.71. The van der Waals surface area contributed by atoms with E-state index in [4.69, 9.17) is 4.74 Å². The minimum absolute atomic E-state index is 0.0729. The van der Waals surface area contributed by atoms with E-state index in [9.17, 15) is 13.2 Å².